The largest absolute Gasteiger partial charge is 0.366 e. The molecule has 160 valence electrons. The van der Waals surface area contributed by atoms with Crippen molar-refractivity contribution in [3.8, 4) is 5.69 Å². The van der Waals surface area contributed by atoms with Gasteiger partial charge in [0, 0.05) is 11.1 Å². The van der Waals surface area contributed by atoms with Crippen LogP contribution in [0.1, 0.15) is 58.3 Å². The first-order chi connectivity index (χ1) is 14.6. The molecule has 1 atom stereocenters. The highest BCUT2D eigenvalue weighted by molar-refractivity contribution is 5.97. The highest BCUT2D eigenvalue weighted by atomic mass is 19.1. The molecule has 0 unspecified atom stereocenters. The molecule has 0 aliphatic heterocycles. The average molecular weight is 424 g/mol. The molecule has 1 aromatic heterocycles. The summed E-state index contributed by atoms with van der Waals surface area (Å²) in [7, 11) is 0. The van der Waals surface area contributed by atoms with Crippen molar-refractivity contribution in [1.82, 2.24) is 15.1 Å². The van der Waals surface area contributed by atoms with E-state index in [4.69, 9.17) is 5.73 Å². The van der Waals surface area contributed by atoms with Crippen LogP contribution in [0.4, 0.5) is 8.78 Å². The summed E-state index contributed by atoms with van der Waals surface area (Å²) in [6.07, 6.45) is 3.04. The van der Waals surface area contributed by atoms with Crippen molar-refractivity contribution in [2.24, 2.45) is 11.1 Å². The Morgan fingerprint density at radius 2 is 1.87 bits per heavy atom. The van der Waals surface area contributed by atoms with Gasteiger partial charge in [-0.15, -0.1) is 0 Å². The zero-order chi connectivity index (χ0) is 22.3. The van der Waals surface area contributed by atoms with E-state index < -0.39 is 17.6 Å². The van der Waals surface area contributed by atoms with E-state index in [0.29, 0.717) is 12.8 Å². The number of rotatable bonds is 4. The number of hydrogen-bond acceptors (Lipinski definition) is 3. The van der Waals surface area contributed by atoms with E-state index in [1.165, 1.54) is 24.3 Å². The smallest absolute Gasteiger partial charge is 0.254 e. The summed E-state index contributed by atoms with van der Waals surface area (Å²) < 4.78 is 29.5. The first-order valence-corrected chi connectivity index (χ1v) is 9.87. The van der Waals surface area contributed by atoms with Gasteiger partial charge in [-0.3, -0.25) is 9.59 Å². The number of fused-ring (bicyclic) bond motifs is 1. The summed E-state index contributed by atoms with van der Waals surface area (Å²) in [6, 6.07) is 9.19. The maximum atomic E-state index is 14.4. The minimum Gasteiger partial charge on any atom is -0.366 e. The number of hydrogen-bond donors (Lipinski definition) is 2. The lowest BCUT2D eigenvalue weighted by Gasteiger charge is -2.36. The van der Waals surface area contributed by atoms with Crippen LogP contribution in [-0.2, 0) is 6.42 Å². The molecule has 1 heterocycles. The monoisotopic (exact) mass is 424 g/mol. The van der Waals surface area contributed by atoms with E-state index in [1.54, 1.807) is 23.0 Å². The SMILES string of the molecule is CC1(C)Cc2c(cnn2-c2ccc(F)cc2)[C@@H](NC(=O)c2ccc(C(N)=O)cc2F)C1. The Balaban J connectivity index is 1.65. The van der Waals surface area contributed by atoms with Gasteiger partial charge in [0.1, 0.15) is 11.6 Å². The third kappa shape index (κ3) is 4.05. The van der Waals surface area contributed by atoms with Gasteiger partial charge in [0.05, 0.1) is 29.2 Å². The highest BCUT2D eigenvalue weighted by Gasteiger charge is 2.36. The fraction of sp³-hybridized carbons (Fsp3) is 0.261. The van der Waals surface area contributed by atoms with Crippen LogP contribution in [0.3, 0.4) is 0 Å². The third-order valence-electron chi connectivity index (χ3n) is 5.55. The number of primary amides is 1. The Hall–Kier alpha value is -3.55. The van der Waals surface area contributed by atoms with Crippen molar-refractivity contribution in [2.75, 3.05) is 0 Å². The zero-order valence-corrected chi connectivity index (χ0v) is 17.2. The Labute approximate surface area is 178 Å². The lowest BCUT2D eigenvalue weighted by atomic mass is 9.74. The predicted molar refractivity (Wildman–Crippen MR) is 111 cm³/mol. The Morgan fingerprint density at radius 1 is 1.16 bits per heavy atom. The average Bonchev–Trinajstić information content (AvgIpc) is 3.11. The molecule has 1 aliphatic rings. The summed E-state index contributed by atoms with van der Waals surface area (Å²) in [6.45, 7) is 4.17. The summed E-state index contributed by atoms with van der Waals surface area (Å²) in [5.41, 5.74) is 7.31. The van der Waals surface area contributed by atoms with E-state index in [0.717, 1.165) is 23.0 Å². The number of aromatic nitrogens is 2. The molecule has 0 fully saturated rings. The molecule has 0 radical (unpaired) electrons. The van der Waals surface area contributed by atoms with E-state index in [-0.39, 0.29) is 28.4 Å². The molecular formula is C23H22F2N4O2. The summed E-state index contributed by atoms with van der Waals surface area (Å²) >= 11 is 0. The normalized spacial score (nSPS) is 17.1. The van der Waals surface area contributed by atoms with Crippen molar-refractivity contribution in [1.29, 1.82) is 0 Å². The summed E-state index contributed by atoms with van der Waals surface area (Å²) in [4.78, 5) is 24.0. The van der Waals surface area contributed by atoms with Gasteiger partial charge in [-0.05, 0) is 60.7 Å². The number of nitrogens with two attached hydrogens (primary N) is 1. The fourth-order valence-electron chi connectivity index (χ4n) is 4.06. The second-order valence-corrected chi connectivity index (χ2v) is 8.56. The number of carbonyl (C=O) groups excluding carboxylic acids is 2. The molecule has 0 saturated carbocycles. The Morgan fingerprint density at radius 3 is 2.52 bits per heavy atom. The van der Waals surface area contributed by atoms with Crippen molar-refractivity contribution in [3.63, 3.8) is 0 Å². The fourth-order valence-corrected chi connectivity index (χ4v) is 4.06. The number of carbonyl (C=O) groups is 2. The van der Waals surface area contributed by atoms with Crippen LogP contribution in [0.2, 0.25) is 0 Å². The third-order valence-corrected chi connectivity index (χ3v) is 5.55. The van der Waals surface area contributed by atoms with Gasteiger partial charge in [-0.1, -0.05) is 13.8 Å². The standard InChI is InChI=1S/C23H22F2N4O2/c1-23(2)10-19(28-22(31)16-8-3-13(21(26)30)9-18(16)25)17-12-27-29(20(17)11-23)15-6-4-14(24)5-7-15/h3-9,12,19H,10-11H2,1-2H3,(H2,26,30)(H,28,31)/t19-/m0/s1. The number of nitrogens with zero attached hydrogens (tertiary/aromatic N) is 2. The molecule has 0 saturated heterocycles. The predicted octanol–water partition coefficient (Wildman–Crippen LogP) is 3.69. The van der Waals surface area contributed by atoms with Gasteiger partial charge in [0.25, 0.3) is 5.91 Å². The van der Waals surface area contributed by atoms with Crippen LogP contribution in [0, 0.1) is 17.0 Å². The molecule has 2 amide bonds. The van der Waals surface area contributed by atoms with E-state index in [1.807, 2.05) is 0 Å². The zero-order valence-electron chi connectivity index (χ0n) is 17.2. The number of nitrogens with one attached hydrogen (secondary N) is 1. The topological polar surface area (TPSA) is 90.0 Å². The van der Waals surface area contributed by atoms with E-state index in [9.17, 15) is 18.4 Å². The summed E-state index contributed by atoms with van der Waals surface area (Å²) in [5.74, 6) is -2.50. The van der Waals surface area contributed by atoms with Crippen molar-refractivity contribution >= 4 is 11.8 Å². The molecule has 1 aliphatic carbocycles. The van der Waals surface area contributed by atoms with E-state index >= 15 is 0 Å². The van der Waals surface area contributed by atoms with Gasteiger partial charge in [-0.25, -0.2) is 13.5 Å². The molecule has 8 heteroatoms. The second-order valence-electron chi connectivity index (χ2n) is 8.56. The lowest BCUT2D eigenvalue weighted by molar-refractivity contribution is 0.0913. The summed E-state index contributed by atoms with van der Waals surface area (Å²) in [5, 5.41) is 7.36. The maximum absolute atomic E-state index is 14.4. The van der Waals surface area contributed by atoms with Crippen LogP contribution in [0.25, 0.3) is 5.69 Å². The Bertz CT molecular complexity index is 1170. The molecular weight excluding hydrogens is 402 g/mol. The first-order valence-electron chi connectivity index (χ1n) is 9.87. The molecule has 0 spiro atoms. The molecule has 2 aromatic carbocycles. The number of benzene rings is 2. The first kappa shape index (κ1) is 20.7. The van der Waals surface area contributed by atoms with Crippen LogP contribution in [-0.4, -0.2) is 21.6 Å². The van der Waals surface area contributed by atoms with Crippen LogP contribution in [0.15, 0.2) is 48.7 Å². The van der Waals surface area contributed by atoms with Gasteiger partial charge < -0.3 is 11.1 Å². The molecule has 0 bridgehead atoms. The maximum Gasteiger partial charge on any atom is 0.254 e. The lowest BCUT2D eigenvalue weighted by Crippen LogP contribution is -2.37. The molecule has 31 heavy (non-hydrogen) atoms. The minimum absolute atomic E-state index is 0.00397. The second kappa shape index (κ2) is 7.61. The van der Waals surface area contributed by atoms with Crippen LogP contribution in [0.5, 0.6) is 0 Å². The molecule has 4 rings (SSSR count). The van der Waals surface area contributed by atoms with Gasteiger partial charge in [-0.2, -0.15) is 5.10 Å². The molecule has 3 N–H and O–H groups in total. The van der Waals surface area contributed by atoms with E-state index in [2.05, 4.69) is 24.3 Å². The van der Waals surface area contributed by atoms with Gasteiger partial charge >= 0.3 is 0 Å². The van der Waals surface area contributed by atoms with Crippen LogP contribution < -0.4 is 11.1 Å². The van der Waals surface area contributed by atoms with Crippen molar-refractivity contribution < 1.29 is 18.4 Å². The quantitative estimate of drug-likeness (QED) is 0.669. The van der Waals surface area contributed by atoms with Crippen LogP contribution >= 0.6 is 0 Å². The molecule has 3 aromatic rings. The van der Waals surface area contributed by atoms with Crippen molar-refractivity contribution in [3.05, 3.63) is 82.7 Å². The highest BCUT2D eigenvalue weighted by Crippen LogP contribution is 2.41. The Kier molecular flexibility index (Phi) is 5.08. The van der Waals surface area contributed by atoms with Crippen molar-refractivity contribution in [2.45, 2.75) is 32.7 Å². The minimum atomic E-state index is -0.814. The van der Waals surface area contributed by atoms with Gasteiger partial charge in [0.2, 0.25) is 5.91 Å². The van der Waals surface area contributed by atoms with Gasteiger partial charge in [0.15, 0.2) is 0 Å². The number of amides is 2. The molecule has 6 nitrogen and oxygen atoms in total. The number of halogens is 2.